The third-order valence-corrected chi connectivity index (χ3v) is 6.01. The summed E-state index contributed by atoms with van der Waals surface area (Å²) >= 11 is 1.50. The molecule has 0 atom stereocenters. The van der Waals surface area contributed by atoms with Crippen molar-refractivity contribution >= 4 is 27.3 Å². The summed E-state index contributed by atoms with van der Waals surface area (Å²) in [5.74, 6) is 0. The van der Waals surface area contributed by atoms with Gasteiger partial charge < -0.3 is 4.74 Å². The zero-order valence-corrected chi connectivity index (χ0v) is 17.1. The highest BCUT2D eigenvalue weighted by Gasteiger charge is 2.17. The number of thiazole rings is 1. The van der Waals surface area contributed by atoms with Gasteiger partial charge in [-0.15, -0.1) is 0 Å². The maximum absolute atomic E-state index is 13.0. The van der Waals surface area contributed by atoms with Crippen LogP contribution in [0, 0.1) is 6.92 Å². The number of fused-ring (bicyclic) bond motifs is 1. The third-order valence-electron chi connectivity index (χ3n) is 4.99. The Bertz CT molecular complexity index is 1010. The Morgan fingerprint density at radius 2 is 2.11 bits per heavy atom. The summed E-state index contributed by atoms with van der Waals surface area (Å²) < 4.78 is 7.96. The van der Waals surface area contributed by atoms with Gasteiger partial charge in [0.1, 0.15) is 0 Å². The molecule has 1 aliphatic heterocycles. The Morgan fingerprint density at radius 3 is 2.89 bits per heavy atom. The van der Waals surface area contributed by atoms with E-state index in [1.54, 1.807) is 0 Å². The lowest BCUT2D eigenvalue weighted by Crippen LogP contribution is -2.37. The molecule has 0 amide bonds. The number of nitrogens with zero attached hydrogens (tertiary/aromatic N) is 4. The van der Waals surface area contributed by atoms with Crippen molar-refractivity contribution in [1.82, 2.24) is 19.7 Å². The Hall–Kier alpha value is -2.29. The lowest BCUT2D eigenvalue weighted by molar-refractivity contribution is 0.0377. The van der Waals surface area contributed by atoms with Crippen LogP contribution in [-0.4, -0.2) is 64.8 Å². The largest absolute Gasteiger partial charge is 0.379 e. The van der Waals surface area contributed by atoms with Crippen LogP contribution >= 0.6 is 11.3 Å². The number of aromatic nitrogens is 3. The summed E-state index contributed by atoms with van der Waals surface area (Å²) in [5.41, 5.74) is 3.05. The van der Waals surface area contributed by atoms with Crippen LogP contribution in [-0.2, 0) is 4.74 Å². The summed E-state index contributed by atoms with van der Waals surface area (Å²) in [7, 11) is 0. The van der Waals surface area contributed by atoms with E-state index in [4.69, 9.17) is 4.74 Å². The topological polar surface area (TPSA) is 75.5 Å². The van der Waals surface area contributed by atoms with Crippen LogP contribution in [0.3, 0.4) is 0 Å². The van der Waals surface area contributed by atoms with Gasteiger partial charge in [-0.05, 0) is 32.4 Å². The molecule has 3 heterocycles. The number of para-hydroxylation sites is 1. The van der Waals surface area contributed by atoms with Crippen molar-refractivity contribution in [2.75, 3.05) is 39.4 Å². The highest BCUT2D eigenvalue weighted by Crippen LogP contribution is 2.23. The molecule has 0 saturated carbocycles. The van der Waals surface area contributed by atoms with Crippen LogP contribution in [0.15, 0.2) is 34.1 Å². The summed E-state index contributed by atoms with van der Waals surface area (Å²) in [6.45, 7) is 9.17. The molecule has 1 fully saturated rings. The Morgan fingerprint density at radius 1 is 1.32 bits per heavy atom. The van der Waals surface area contributed by atoms with Gasteiger partial charge in [0.15, 0.2) is 0 Å². The first-order chi connectivity index (χ1) is 13.6. The monoisotopic (exact) mass is 399 g/mol. The van der Waals surface area contributed by atoms with E-state index in [-0.39, 0.29) is 5.56 Å². The van der Waals surface area contributed by atoms with Crippen molar-refractivity contribution in [2.24, 2.45) is 4.99 Å². The van der Waals surface area contributed by atoms with Crippen molar-refractivity contribution in [3.8, 4) is 5.13 Å². The number of aromatic amines is 1. The summed E-state index contributed by atoms with van der Waals surface area (Å²) in [6.07, 6.45) is 0.979. The minimum Gasteiger partial charge on any atom is -0.379 e. The van der Waals surface area contributed by atoms with E-state index in [0.29, 0.717) is 17.2 Å². The lowest BCUT2D eigenvalue weighted by atomic mass is 10.2. The van der Waals surface area contributed by atoms with Gasteiger partial charge in [0.05, 0.1) is 29.0 Å². The predicted molar refractivity (Wildman–Crippen MR) is 113 cm³/mol. The molecule has 2 aromatic heterocycles. The van der Waals surface area contributed by atoms with Crippen LogP contribution in [0.5, 0.6) is 0 Å². The number of rotatable bonds is 6. The number of ether oxygens (including phenoxy) is 1. The summed E-state index contributed by atoms with van der Waals surface area (Å²) in [6, 6.07) is 7.90. The van der Waals surface area contributed by atoms with E-state index in [0.717, 1.165) is 60.9 Å². The fraction of sp³-hybridized carbons (Fsp3) is 0.450. The highest BCUT2D eigenvalue weighted by molar-refractivity contribution is 7.20. The summed E-state index contributed by atoms with van der Waals surface area (Å²) in [5, 5.41) is 3.82. The quantitative estimate of drug-likeness (QED) is 0.511. The van der Waals surface area contributed by atoms with Crippen molar-refractivity contribution in [1.29, 1.82) is 0 Å². The molecule has 1 aliphatic rings. The van der Waals surface area contributed by atoms with Gasteiger partial charge >= 0.3 is 0 Å². The van der Waals surface area contributed by atoms with Gasteiger partial charge in [-0.1, -0.05) is 23.5 Å². The molecule has 0 bridgehead atoms. The van der Waals surface area contributed by atoms with Gasteiger partial charge in [-0.3, -0.25) is 19.8 Å². The number of aliphatic imine (C=N–C) groups is 1. The second-order valence-corrected chi connectivity index (χ2v) is 8.00. The zero-order valence-electron chi connectivity index (χ0n) is 16.3. The molecule has 0 unspecified atom stereocenters. The molecular weight excluding hydrogens is 374 g/mol. The molecule has 1 saturated heterocycles. The van der Waals surface area contributed by atoms with Gasteiger partial charge in [-0.25, -0.2) is 4.98 Å². The second kappa shape index (κ2) is 8.38. The second-order valence-electron chi connectivity index (χ2n) is 6.99. The standard InChI is InChI=1S/C20H25N5O2S/c1-14(21-8-5-9-24-10-12-27-13-11-24)18-15(2)23-25(19(18)26)20-22-16-6-3-4-7-17(16)28-20/h3-4,6-7,23H,5,8-13H2,1-2H3. The molecule has 0 spiro atoms. The molecule has 7 nitrogen and oxygen atoms in total. The Kier molecular flexibility index (Phi) is 5.70. The molecule has 0 radical (unpaired) electrons. The van der Waals surface area contributed by atoms with E-state index in [9.17, 15) is 4.79 Å². The van der Waals surface area contributed by atoms with E-state index in [2.05, 4.69) is 20.0 Å². The van der Waals surface area contributed by atoms with Crippen LogP contribution in [0.1, 0.15) is 24.6 Å². The zero-order chi connectivity index (χ0) is 19.5. The highest BCUT2D eigenvalue weighted by atomic mass is 32.1. The number of benzene rings is 1. The third kappa shape index (κ3) is 3.94. The van der Waals surface area contributed by atoms with Crippen LogP contribution < -0.4 is 5.56 Å². The molecule has 1 N–H and O–H groups in total. The molecule has 0 aliphatic carbocycles. The number of hydrogen-bond donors (Lipinski definition) is 1. The fourth-order valence-corrected chi connectivity index (χ4v) is 4.43. The van der Waals surface area contributed by atoms with Crippen LogP contribution in [0.4, 0.5) is 0 Å². The van der Waals surface area contributed by atoms with Gasteiger partial charge in [0.2, 0.25) is 5.13 Å². The average Bonchev–Trinajstić information content (AvgIpc) is 3.26. The van der Waals surface area contributed by atoms with Crippen LogP contribution in [0.25, 0.3) is 15.3 Å². The summed E-state index contributed by atoms with van der Waals surface area (Å²) in [4.78, 5) is 24.6. The molecule has 8 heteroatoms. The van der Waals surface area contributed by atoms with Crippen molar-refractivity contribution in [3.63, 3.8) is 0 Å². The number of morpholine rings is 1. The Labute approximate surface area is 167 Å². The number of aryl methyl sites for hydroxylation is 1. The molecule has 4 rings (SSSR count). The van der Waals surface area contributed by atoms with E-state index < -0.39 is 0 Å². The van der Waals surface area contributed by atoms with E-state index >= 15 is 0 Å². The maximum Gasteiger partial charge on any atom is 0.282 e. The normalized spacial score (nSPS) is 16.1. The first-order valence-electron chi connectivity index (χ1n) is 9.62. The number of hydrogen-bond acceptors (Lipinski definition) is 6. The average molecular weight is 400 g/mol. The molecular formula is C20H25N5O2S. The maximum atomic E-state index is 13.0. The smallest absolute Gasteiger partial charge is 0.282 e. The molecule has 28 heavy (non-hydrogen) atoms. The van der Waals surface area contributed by atoms with Crippen molar-refractivity contribution < 1.29 is 4.74 Å². The first kappa shape index (κ1) is 19.0. The molecule has 1 aromatic carbocycles. The Balaban J connectivity index is 1.49. The van der Waals surface area contributed by atoms with Gasteiger partial charge in [-0.2, -0.15) is 4.68 Å². The van der Waals surface area contributed by atoms with Gasteiger partial charge in [0.25, 0.3) is 5.56 Å². The number of H-pyrrole nitrogens is 1. The lowest BCUT2D eigenvalue weighted by Gasteiger charge is -2.26. The molecule has 148 valence electrons. The van der Waals surface area contributed by atoms with Crippen molar-refractivity contribution in [3.05, 3.63) is 45.9 Å². The number of nitrogens with one attached hydrogen (secondary N) is 1. The van der Waals surface area contributed by atoms with Gasteiger partial charge in [0, 0.05) is 37.6 Å². The van der Waals surface area contributed by atoms with Crippen molar-refractivity contribution in [2.45, 2.75) is 20.3 Å². The van der Waals surface area contributed by atoms with E-state index in [1.165, 1.54) is 16.0 Å². The predicted octanol–water partition coefficient (Wildman–Crippen LogP) is 2.62. The van der Waals surface area contributed by atoms with E-state index in [1.807, 2.05) is 38.1 Å². The minimum atomic E-state index is -0.0917. The fourth-order valence-electron chi connectivity index (χ4n) is 3.51. The first-order valence-corrected chi connectivity index (χ1v) is 10.4. The SMILES string of the molecule is CC(=NCCCN1CCOCC1)c1c(C)[nH]n(-c2nc3ccccc3s2)c1=O. The molecule has 3 aromatic rings. The van der Waals surface area contributed by atoms with Crippen LogP contribution in [0.2, 0.25) is 0 Å². The minimum absolute atomic E-state index is 0.0917.